The summed E-state index contributed by atoms with van der Waals surface area (Å²) in [7, 11) is 0. The SMILES string of the molecule is C=C(/C(O)=C\C(=C/C)C(=O)NCc1ccc(F)c(F)c1)N(CCC)CCC.CC1CCN(Cc2ccc(F)cc2F)CC1. The minimum atomic E-state index is -0.964. The van der Waals surface area contributed by atoms with Crippen LogP contribution < -0.4 is 5.32 Å². The van der Waals surface area contributed by atoms with Crippen LogP contribution in [0, 0.1) is 29.2 Å². The number of aliphatic hydroxyl groups excluding tert-OH is 1. The first-order chi connectivity index (χ1) is 20.5. The molecule has 43 heavy (non-hydrogen) atoms. The van der Waals surface area contributed by atoms with Crippen LogP contribution in [0.15, 0.2) is 72.2 Å². The summed E-state index contributed by atoms with van der Waals surface area (Å²) >= 11 is 0. The van der Waals surface area contributed by atoms with Crippen molar-refractivity contribution in [1.29, 1.82) is 0 Å². The number of piperidine rings is 1. The van der Waals surface area contributed by atoms with Crippen LogP contribution in [0.5, 0.6) is 0 Å². The molecule has 2 aromatic rings. The van der Waals surface area contributed by atoms with Crippen LogP contribution in [0.3, 0.4) is 0 Å². The van der Waals surface area contributed by atoms with Gasteiger partial charge in [0.15, 0.2) is 11.6 Å². The summed E-state index contributed by atoms with van der Waals surface area (Å²) in [6, 6.07) is 7.28. The van der Waals surface area contributed by atoms with E-state index in [9.17, 15) is 27.5 Å². The second-order valence-electron chi connectivity index (χ2n) is 10.8. The van der Waals surface area contributed by atoms with E-state index >= 15 is 0 Å². The Labute approximate surface area is 253 Å². The van der Waals surface area contributed by atoms with Crippen LogP contribution in [0.2, 0.25) is 0 Å². The quantitative estimate of drug-likeness (QED) is 0.113. The Morgan fingerprint density at radius 3 is 2.23 bits per heavy atom. The highest BCUT2D eigenvalue weighted by atomic mass is 19.2. The minimum Gasteiger partial charge on any atom is -0.506 e. The maximum absolute atomic E-state index is 13.4. The molecule has 9 heteroatoms. The highest BCUT2D eigenvalue weighted by molar-refractivity contribution is 5.96. The molecule has 3 rings (SSSR count). The highest BCUT2D eigenvalue weighted by Gasteiger charge is 2.17. The summed E-state index contributed by atoms with van der Waals surface area (Å²) in [5, 5.41) is 13.0. The molecular formula is C34H45F4N3O2. The van der Waals surface area contributed by atoms with Crippen molar-refractivity contribution in [2.75, 3.05) is 26.2 Å². The molecule has 1 aliphatic rings. The molecule has 0 atom stereocenters. The number of halogens is 4. The van der Waals surface area contributed by atoms with Gasteiger partial charge in [-0.15, -0.1) is 0 Å². The van der Waals surface area contributed by atoms with E-state index in [0.717, 1.165) is 63.1 Å². The van der Waals surface area contributed by atoms with E-state index in [0.29, 0.717) is 23.4 Å². The van der Waals surface area contributed by atoms with Gasteiger partial charge < -0.3 is 15.3 Å². The molecule has 0 aromatic heterocycles. The number of likely N-dealkylation sites (tertiary alicyclic amines) is 1. The van der Waals surface area contributed by atoms with Gasteiger partial charge in [-0.25, -0.2) is 17.6 Å². The number of nitrogens with one attached hydrogen (secondary N) is 1. The molecule has 0 unspecified atom stereocenters. The zero-order valence-electron chi connectivity index (χ0n) is 25.7. The number of allylic oxidation sites excluding steroid dienone is 1. The third-order valence-corrected chi connectivity index (χ3v) is 7.25. The smallest absolute Gasteiger partial charge is 0.251 e. The van der Waals surface area contributed by atoms with Crippen LogP contribution in [0.1, 0.15) is 64.5 Å². The maximum atomic E-state index is 13.4. The lowest BCUT2D eigenvalue weighted by atomic mass is 9.99. The number of rotatable bonds is 12. The molecule has 1 amide bonds. The first kappa shape index (κ1) is 35.6. The molecule has 236 valence electrons. The number of carbonyl (C=O) groups is 1. The van der Waals surface area contributed by atoms with Crippen LogP contribution in [-0.4, -0.2) is 47.0 Å². The number of aliphatic hydroxyl groups is 1. The normalized spacial score (nSPS) is 14.6. The van der Waals surface area contributed by atoms with Crippen molar-refractivity contribution in [3.8, 4) is 0 Å². The van der Waals surface area contributed by atoms with Crippen molar-refractivity contribution in [2.45, 2.75) is 66.5 Å². The molecule has 1 saturated heterocycles. The average Bonchev–Trinajstić information content (AvgIpc) is 2.98. The molecule has 2 aromatic carbocycles. The lowest BCUT2D eigenvalue weighted by Gasteiger charge is -2.30. The first-order valence-corrected chi connectivity index (χ1v) is 14.9. The van der Waals surface area contributed by atoms with E-state index in [1.54, 1.807) is 19.1 Å². The van der Waals surface area contributed by atoms with Gasteiger partial charge in [-0.05, 0) is 81.5 Å². The first-order valence-electron chi connectivity index (χ1n) is 14.9. The van der Waals surface area contributed by atoms with Gasteiger partial charge in [-0.3, -0.25) is 9.69 Å². The number of nitrogens with zero attached hydrogens (tertiary/aromatic N) is 2. The van der Waals surface area contributed by atoms with Crippen molar-refractivity contribution in [2.24, 2.45) is 5.92 Å². The molecular weight excluding hydrogens is 558 g/mol. The molecule has 2 N–H and O–H groups in total. The van der Waals surface area contributed by atoms with Crippen LogP contribution in [0.4, 0.5) is 17.6 Å². The second kappa shape index (κ2) is 18.2. The summed E-state index contributed by atoms with van der Waals surface area (Å²) in [5.74, 6) is -2.57. The van der Waals surface area contributed by atoms with Crippen molar-refractivity contribution in [3.63, 3.8) is 0 Å². The summed E-state index contributed by atoms with van der Waals surface area (Å²) in [6.07, 6.45) is 7.09. The summed E-state index contributed by atoms with van der Waals surface area (Å²) < 4.78 is 52.3. The van der Waals surface area contributed by atoms with Gasteiger partial charge >= 0.3 is 0 Å². The lowest BCUT2D eigenvalue weighted by Crippen LogP contribution is -2.32. The second-order valence-corrected chi connectivity index (χ2v) is 10.8. The number of hydrogen-bond donors (Lipinski definition) is 2. The lowest BCUT2D eigenvalue weighted by molar-refractivity contribution is -0.117. The zero-order chi connectivity index (χ0) is 31.9. The van der Waals surface area contributed by atoms with E-state index in [-0.39, 0.29) is 17.9 Å². The van der Waals surface area contributed by atoms with Crippen LogP contribution in [-0.2, 0) is 17.9 Å². The molecule has 0 aliphatic carbocycles. The Balaban J connectivity index is 0.000000340. The highest BCUT2D eigenvalue weighted by Crippen LogP contribution is 2.20. The fraction of sp³-hybridized carbons (Fsp3) is 0.441. The maximum Gasteiger partial charge on any atom is 0.251 e. The van der Waals surface area contributed by atoms with Crippen molar-refractivity contribution < 1.29 is 27.5 Å². The number of carbonyl (C=O) groups excluding carboxylic acids is 1. The monoisotopic (exact) mass is 603 g/mol. The molecule has 0 bridgehead atoms. The van der Waals surface area contributed by atoms with Crippen LogP contribution >= 0.6 is 0 Å². The third kappa shape index (κ3) is 11.9. The molecule has 1 fully saturated rings. The Bertz CT molecular complexity index is 1260. The molecule has 0 saturated carbocycles. The van der Waals surface area contributed by atoms with Gasteiger partial charge in [0, 0.05) is 43.4 Å². The van der Waals surface area contributed by atoms with E-state index < -0.39 is 29.2 Å². The standard InChI is InChI=1S/C21H28F2N2O2.C13H17F2N/c1-5-10-25(11-6-2)15(4)20(26)13-17(7-3)21(27)24-14-16-8-9-18(22)19(23)12-16;1-10-4-6-16(7-5-10)9-11-2-3-12(14)8-13(11)15/h7-9,12-13,26H,4-6,10-11,14H2,1-3H3,(H,24,27);2-3,8,10H,4-7,9H2,1H3/b17-7+,20-13+;. The molecule has 5 nitrogen and oxygen atoms in total. The molecule has 1 aliphatic heterocycles. The molecule has 0 spiro atoms. The van der Waals surface area contributed by atoms with Gasteiger partial charge in [0.25, 0.3) is 5.91 Å². The van der Waals surface area contributed by atoms with Crippen molar-refractivity contribution in [3.05, 3.63) is 107 Å². The van der Waals surface area contributed by atoms with Gasteiger partial charge in [0.1, 0.15) is 17.4 Å². The summed E-state index contributed by atoms with van der Waals surface area (Å²) in [6.45, 7) is 16.1. The van der Waals surface area contributed by atoms with E-state index in [2.05, 4.69) is 23.7 Å². The van der Waals surface area contributed by atoms with Crippen LogP contribution in [0.25, 0.3) is 0 Å². The Hall–Kier alpha value is -3.59. The molecule has 1 heterocycles. The molecule has 0 radical (unpaired) electrons. The number of amides is 1. The van der Waals surface area contributed by atoms with E-state index in [1.807, 2.05) is 18.7 Å². The summed E-state index contributed by atoms with van der Waals surface area (Å²) in [5.41, 5.74) is 1.75. The van der Waals surface area contributed by atoms with Gasteiger partial charge in [0.05, 0.1) is 5.70 Å². The predicted molar refractivity (Wildman–Crippen MR) is 164 cm³/mol. The van der Waals surface area contributed by atoms with Gasteiger partial charge in [-0.1, -0.05) is 45.6 Å². The largest absolute Gasteiger partial charge is 0.506 e. The number of benzene rings is 2. The summed E-state index contributed by atoms with van der Waals surface area (Å²) in [4.78, 5) is 16.5. The fourth-order valence-electron chi connectivity index (χ4n) is 4.64. The topological polar surface area (TPSA) is 55.8 Å². The Morgan fingerprint density at radius 2 is 1.67 bits per heavy atom. The zero-order valence-corrected chi connectivity index (χ0v) is 25.7. The third-order valence-electron chi connectivity index (χ3n) is 7.25. The minimum absolute atomic E-state index is 0.0424. The van der Waals surface area contributed by atoms with E-state index in [1.165, 1.54) is 31.1 Å². The predicted octanol–water partition coefficient (Wildman–Crippen LogP) is 7.80. The van der Waals surface area contributed by atoms with E-state index in [4.69, 9.17) is 0 Å². The fourth-order valence-corrected chi connectivity index (χ4v) is 4.64. The van der Waals surface area contributed by atoms with Gasteiger partial charge in [0.2, 0.25) is 0 Å². The van der Waals surface area contributed by atoms with Crippen molar-refractivity contribution in [1.82, 2.24) is 15.1 Å². The Kier molecular flexibility index (Phi) is 15.0. The average molecular weight is 604 g/mol. The Morgan fingerprint density at radius 1 is 1.02 bits per heavy atom. The number of hydrogen-bond acceptors (Lipinski definition) is 4. The van der Waals surface area contributed by atoms with Gasteiger partial charge in [-0.2, -0.15) is 0 Å². The van der Waals surface area contributed by atoms with Crippen molar-refractivity contribution >= 4 is 5.91 Å².